The van der Waals surface area contributed by atoms with Crippen LogP contribution in [0.3, 0.4) is 0 Å². The van der Waals surface area contributed by atoms with E-state index in [9.17, 15) is 13.6 Å². The molecule has 0 atom stereocenters. The molecule has 0 unspecified atom stereocenters. The number of H-pyrrole nitrogens is 1. The molecule has 2 aromatic heterocycles. The molecule has 31 heavy (non-hydrogen) atoms. The van der Waals surface area contributed by atoms with Crippen LogP contribution < -0.4 is 10.6 Å². The molecule has 162 valence electrons. The maximum atomic E-state index is 13.4. The number of amides is 1. The van der Waals surface area contributed by atoms with E-state index in [1.807, 2.05) is 18.3 Å². The van der Waals surface area contributed by atoms with Crippen LogP contribution in [-0.4, -0.2) is 39.4 Å². The molecular weight excluding hydrogens is 400 g/mol. The lowest BCUT2D eigenvalue weighted by atomic mass is 9.78. The number of alkyl halides is 2. The molecule has 1 fully saturated rings. The Morgan fingerprint density at radius 3 is 2.71 bits per heavy atom. The summed E-state index contributed by atoms with van der Waals surface area (Å²) >= 11 is 0. The largest absolute Gasteiger partial charge is 0.351 e. The lowest BCUT2D eigenvalue weighted by Crippen LogP contribution is -2.43. The summed E-state index contributed by atoms with van der Waals surface area (Å²) in [6.45, 7) is 4.83. The molecule has 0 spiro atoms. The van der Waals surface area contributed by atoms with Crippen molar-refractivity contribution in [1.82, 2.24) is 20.3 Å². The molecule has 0 saturated heterocycles. The average molecular weight is 425 g/mol. The van der Waals surface area contributed by atoms with Crippen LogP contribution in [0.4, 0.5) is 14.7 Å². The fourth-order valence-electron chi connectivity index (χ4n) is 4.54. The van der Waals surface area contributed by atoms with E-state index in [1.54, 1.807) is 6.20 Å². The average Bonchev–Trinajstić information content (AvgIpc) is 3.16. The Hall–Kier alpha value is -3.03. The molecule has 2 aliphatic rings. The smallest absolute Gasteiger partial charge is 0.251 e. The first-order valence-corrected chi connectivity index (χ1v) is 10.6. The summed E-state index contributed by atoms with van der Waals surface area (Å²) in [5, 5.41) is 7.01. The minimum Gasteiger partial charge on any atom is -0.351 e. The number of rotatable bonds is 3. The number of hydrogen-bond acceptors (Lipinski definition) is 4. The van der Waals surface area contributed by atoms with Crippen LogP contribution in [0.25, 0.3) is 22.2 Å². The fourth-order valence-corrected chi connectivity index (χ4v) is 4.54. The molecule has 1 saturated carbocycles. The van der Waals surface area contributed by atoms with Gasteiger partial charge in [0.2, 0.25) is 11.9 Å². The Morgan fingerprint density at radius 2 is 1.94 bits per heavy atom. The number of aromatic amines is 1. The van der Waals surface area contributed by atoms with E-state index in [0.29, 0.717) is 36.5 Å². The highest BCUT2D eigenvalue weighted by Crippen LogP contribution is 2.36. The zero-order valence-corrected chi connectivity index (χ0v) is 17.6. The normalized spacial score (nSPS) is 20.3. The van der Waals surface area contributed by atoms with E-state index in [0.717, 1.165) is 22.1 Å². The predicted molar refractivity (Wildman–Crippen MR) is 116 cm³/mol. The molecule has 3 heterocycles. The summed E-state index contributed by atoms with van der Waals surface area (Å²) in [5.74, 6) is -2.15. The first-order chi connectivity index (χ1) is 14.7. The summed E-state index contributed by atoms with van der Waals surface area (Å²) in [6, 6.07) is 5.84. The zero-order valence-electron chi connectivity index (χ0n) is 17.6. The Morgan fingerprint density at radius 1 is 1.16 bits per heavy atom. The maximum absolute atomic E-state index is 13.4. The topological polar surface area (TPSA) is 82.7 Å². The molecule has 0 bridgehead atoms. The first kappa shape index (κ1) is 19.9. The van der Waals surface area contributed by atoms with Gasteiger partial charge in [0, 0.05) is 59.8 Å². The standard InChI is InChI=1S/C23H25F2N5O/c1-22(2)12-28-20(31)15-4-3-13(9-18(15)22)16-10-26-19-17(16)11-27-21(30-19)29-14-5-7-23(24,25)8-6-14/h3-4,9-11,14H,5-8,12H2,1-2H3,(H,28,31)(H2,26,27,29,30). The van der Waals surface area contributed by atoms with Gasteiger partial charge in [0.1, 0.15) is 5.65 Å². The zero-order chi connectivity index (χ0) is 21.8. The molecule has 5 rings (SSSR count). The Kier molecular flexibility index (Phi) is 4.50. The number of hydrogen-bond donors (Lipinski definition) is 3. The minimum absolute atomic E-state index is 0.0412. The van der Waals surface area contributed by atoms with Crippen molar-refractivity contribution in [2.45, 2.75) is 56.9 Å². The van der Waals surface area contributed by atoms with Crippen molar-refractivity contribution in [3.8, 4) is 11.1 Å². The van der Waals surface area contributed by atoms with Gasteiger partial charge < -0.3 is 15.6 Å². The number of nitrogens with zero attached hydrogens (tertiary/aromatic N) is 2. The van der Waals surface area contributed by atoms with Crippen LogP contribution in [0.15, 0.2) is 30.6 Å². The monoisotopic (exact) mass is 425 g/mol. The number of fused-ring (bicyclic) bond motifs is 2. The second-order valence-electron chi connectivity index (χ2n) is 9.26. The lowest BCUT2D eigenvalue weighted by Gasteiger charge is -2.32. The third kappa shape index (κ3) is 3.64. The Bertz CT molecular complexity index is 1160. The number of carbonyl (C=O) groups excluding carboxylic acids is 1. The molecule has 1 aliphatic carbocycles. The highest BCUT2D eigenvalue weighted by atomic mass is 19.3. The quantitative estimate of drug-likeness (QED) is 0.571. The predicted octanol–water partition coefficient (Wildman–Crippen LogP) is 4.64. The molecule has 1 aliphatic heterocycles. The van der Waals surface area contributed by atoms with Crippen LogP contribution >= 0.6 is 0 Å². The van der Waals surface area contributed by atoms with Crippen LogP contribution in [-0.2, 0) is 5.41 Å². The van der Waals surface area contributed by atoms with Gasteiger partial charge in [0.15, 0.2) is 0 Å². The number of nitrogens with one attached hydrogen (secondary N) is 3. The van der Waals surface area contributed by atoms with Gasteiger partial charge in [-0.2, -0.15) is 4.98 Å². The third-order valence-corrected chi connectivity index (χ3v) is 6.48. The van der Waals surface area contributed by atoms with Gasteiger partial charge in [-0.05, 0) is 36.1 Å². The second-order valence-corrected chi connectivity index (χ2v) is 9.26. The van der Waals surface area contributed by atoms with E-state index in [2.05, 4.69) is 45.5 Å². The van der Waals surface area contributed by atoms with Gasteiger partial charge in [-0.15, -0.1) is 0 Å². The second kappa shape index (κ2) is 7.00. The highest BCUT2D eigenvalue weighted by molar-refractivity contribution is 5.99. The summed E-state index contributed by atoms with van der Waals surface area (Å²) in [6.07, 6.45) is 4.25. The van der Waals surface area contributed by atoms with Crippen molar-refractivity contribution < 1.29 is 13.6 Å². The summed E-state index contributed by atoms with van der Waals surface area (Å²) in [5.41, 5.74) is 4.21. The molecule has 6 nitrogen and oxygen atoms in total. The first-order valence-electron chi connectivity index (χ1n) is 10.6. The summed E-state index contributed by atoms with van der Waals surface area (Å²) < 4.78 is 26.8. The number of carbonyl (C=O) groups is 1. The molecular formula is C23H25F2N5O. The summed E-state index contributed by atoms with van der Waals surface area (Å²) in [7, 11) is 0. The number of benzene rings is 1. The maximum Gasteiger partial charge on any atom is 0.251 e. The van der Waals surface area contributed by atoms with Crippen LogP contribution in [0.2, 0.25) is 0 Å². The third-order valence-electron chi connectivity index (χ3n) is 6.48. The van der Waals surface area contributed by atoms with Gasteiger partial charge in [0.25, 0.3) is 5.91 Å². The van der Waals surface area contributed by atoms with E-state index in [4.69, 9.17) is 0 Å². The van der Waals surface area contributed by atoms with Crippen LogP contribution in [0, 0.1) is 0 Å². The van der Waals surface area contributed by atoms with Gasteiger partial charge in [-0.3, -0.25) is 4.79 Å². The minimum atomic E-state index is -2.55. The molecule has 3 N–H and O–H groups in total. The van der Waals surface area contributed by atoms with Gasteiger partial charge in [-0.25, -0.2) is 13.8 Å². The van der Waals surface area contributed by atoms with E-state index < -0.39 is 5.92 Å². The van der Waals surface area contributed by atoms with Crippen LogP contribution in [0.1, 0.15) is 55.5 Å². The van der Waals surface area contributed by atoms with Crippen molar-refractivity contribution in [3.63, 3.8) is 0 Å². The molecule has 3 aromatic rings. The van der Waals surface area contributed by atoms with Crippen molar-refractivity contribution in [2.24, 2.45) is 0 Å². The molecule has 1 aromatic carbocycles. The molecule has 0 radical (unpaired) electrons. The molecule has 1 amide bonds. The van der Waals surface area contributed by atoms with E-state index >= 15 is 0 Å². The van der Waals surface area contributed by atoms with Crippen molar-refractivity contribution in [1.29, 1.82) is 0 Å². The molecule has 8 heteroatoms. The number of anilines is 1. The van der Waals surface area contributed by atoms with Crippen molar-refractivity contribution >= 4 is 22.9 Å². The Balaban J connectivity index is 1.43. The van der Waals surface area contributed by atoms with Crippen molar-refractivity contribution in [3.05, 3.63) is 41.7 Å². The SMILES string of the molecule is CC1(C)CNC(=O)c2ccc(-c3c[nH]c4nc(NC5CCC(F)(F)CC5)ncc34)cc21. The highest BCUT2D eigenvalue weighted by Gasteiger charge is 2.35. The fraction of sp³-hybridized carbons (Fsp3) is 0.435. The number of aromatic nitrogens is 3. The Labute approximate surface area is 178 Å². The lowest BCUT2D eigenvalue weighted by molar-refractivity contribution is -0.0361. The van der Waals surface area contributed by atoms with E-state index in [-0.39, 0.29) is 30.2 Å². The number of halogens is 2. The van der Waals surface area contributed by atoms with E-state index in [1.165, 1.54) is 0 Å². The van der Waals surface area contributed by atoms with Crippen LogP contribution in [0.5, 0.6) is 0 Å². The van der Waals surface area contributed by atoms with Crippen molar-refractivity contribution in [2.75, 3.05) is 11.9 Å². The van der Waals surface area contributed by atoms with Gasteiger partial charge in [-0.1, -0.05) is 19.9 Å². The summed E-state index contributed by atoms with van der Waals surface area (Å²) in [4.78, 5) is 24.4. The van der Waals surface area contributed by atoms with Gasteiger partial charge >= 0.3 is 0 Å². The van der Waals surface area contributed by atoms with Gasteiger partial charge in [0.05, 0.1) is 0 Å².